The molecule has 4 heteroatoms. The fourth-order valence-electron chi connectivity index (χ4n) is 4.91. The maximum Gasteiger partial charge on any atom is 0.118 e. The SMILES string of the molecule is COc1ccc(CC2C=CC(C)N(c3cc4ccccc4n3Cc3ccc(OC)cc3)C2)cc1. The largest absolute Gasteiger partial charge is 0.497 e. The minimum absolute atomic E-state index is 0.339. The molecule has 5 rings (SSSR count). The molecular weight excluding hydrogens is 420 g/mol. The fraction of sp³-hybridized carbons (Fsp3) is 0.267. The number of rotatable bonds is 7. The normalized spacial score (nSPS) is 17.8. The topological polar surface area (TPSA) is 26.6 Å². The van der Waals surface area contributed by atoms with Gasteiger partial charge in [0, 0.05) is 24.5 Å². The van der Waals surface area contributed by atoms with Crippen LogP contribution in [0, 0.1) is 5.92 Å². The summed E-state index contributed by atoms with van der Waals surface area (Å²) in [4.78, 5) is 2.55. The summed E-state index contributed by atoms with van der Waals surface area (Å²) in [5.41, 5.74) is 3.86. The third-order valence-corrected chi connectivity index (χ3v) is 6.82. The highest BCUT2D eigenvalue weighted by Crippen LogP contribution is 2.32. The van der Waals surface area contributed by atoms with E-state index in [0.717, 1.165) is 31.0 Å². The molecule has 0 aliphatic carbocycles. The van der Waals surface area contributed by atoms with E-state index < -0.39 is 0 Å². The van der Waals surface area contributed by atoms with Gasteiger partial charge in [0.2, 0.25) is 0 Å². The van der Waals surface area contributed by atoms with Gasteiger partial charge in [0.1, 0.15) is 17.3 Å². The van der Waals surface area contributed by atoms with Crippen LogP contribution in [0.15, 0.2) is 91.0 Å². The number of benzene rings is 3. The molecule has 0 amide bonds. The lowest BCUT2D eigenvalue weighted by Crippen LogP contribution is -2.40. The Morgan fingerprint density at radius 1 is 0.794 bits per heavy atom. The molecule has 174 valence electrons. The van der Waals surface area contributed by atoms with E-state index in [9.17, 15) is 0 Å². The Morgan fingerprint density at radius 2 is 1.44 bits per heavy atom. The molecule has 1 aliphatic heterocycles. The molecule has 1 aliphatic rings. The number of anilines is 1. The van der Waals surface area contributed by atoms with Crippen LogP contribution in [0.25, 0.3) is 10.9 Å². The van der Waals surface area contributed by atoms with Crippen molar-refractivity contribution in [2.45, 2.75) is 25.9 Å². The van der Waals surface area contributed by atoms with Crippen molar-refractivity contribution in [3.8, 4) is 11.5 Å². The van der Waals surface area contributed by atoms with Crippen LogP contribution in [-0.2, 0) is 13.0 Å². The van der Waals surface area contributed by atoms with Crippen molar-refractivity contribution in [2.75, 3.05) is 25.7 Å². The van der Waals surface area contributed by atoms with E-state index in [1.165, 1.54) is 27.8 Å². The highest BCUT2D eigenvalue weighted by Gasteiger charge is 2.25. The first-order chi connectivity index (χ1) is 16.6. The zero-order valence-corrected chi connectivity index (χ0v) is 20.1. The maximum absolute atomic E-state index is 5.35. The average molecular weight is 453 g/mol. The highest BCUT2D eigenvalue weighted by atomic mass is 16.5. The van der Waals surface area contributed by atoms with Crippen molar-refractivity contribution in [1.29, 1.82) is 0 Å². The maximum atomic E-state index is 5.35. The van der Waals surface area contributed by atoms with Gasteiger partial charge in [-0.15, -0.1) is 0 Å². The molecule has 4 nitrogen and oxygen atoms in total. The summed E-state index contributed by atoms with van der Waals surface area (Å²) in [6.45, 7) is 4.10. The zero-order valence-electron chi connectivity index (χ0n) is 20.1. The molecule has 2 heterocycles. The molecular formula is C30H32N2O2. The second kappa shape index (κ2) is 9.68. The smallest absolute Gasteiger partial charge is 0.118 e. The van der Waals surface area contributed by atoms with Gasteiger partial charge in [0.25, 0.3) is 0 Å². The number of hydrogen-bond donors (Lipinski definition) is 0. The Bertz CT molecular complexity index is 1270. The zero-order chi connectivity index (χ0) is 23.5. The standard InChI is InChI=1S/C30H32N2O2/c1-22-8-9-25(18-23-10-14-27(33-2)15-11-23)21-31(22)30-19-26-6-4-5-7-29(26)32(30)20-24-12-16-28(34-3)17-13-24/h4-17,19,22,25H,18,20-21H2,1-3H3. The molecule has 0 saturated carbocycles. The first-order valence-electron chi connectivity index (χ1n) is 11.9. The lowest BCUT2D eigenvalue weighted by Gasteiger charge is -2.36. The van der Waals surface area contributed by atoms with E-state index >= 15 is 0 Å². The van der Waals surface area contributed by atoms with Gasteiger partial charge in [0.15, 0.2) is 0 Å². The van der Waals surface area contributed by atoms with Crippen molar-refractivity contribution >= 4 is 16.7 Å². The van der Waals surface area contributed by atoms with Gasteiger partial charge < -0.3 is 18.9 Å². The molecule has 2 unspecified atom stereocenters. The predicted octanol–water partition coefficient (Wildman–Crippen LogP) is 6.33. The van der Waals surface area contributed by atoms with E-state index in [4.69, 9.17) is 9.47 Å². The molecule has 0 radical (unpaired) electrons. The van der Waals surface area contributed by atoms with Crippen molar-refractivity contribution in [3.05, 3.63) is 102 Å². The summed E-state index contributed by atoms with van der Waals surface area (Å²) in [5.74, 6) is 3.52. The quantitative estimate of drug-likeness (QED) is 0.307. The molecule has 0 spiro atoms. The Balaban J connectivity index is 1.44. The van der Waals surface area contributed by atoms with Gasteiger partial charge in [-0.1, -0.05) is 54.6 Å². The summed E-state index contributed by atoms with van der Waals surface area (Å²) >= 11 is 0. The molecule has 1 aromatic heterocycles. The van der Waals surface area contributed by atoms with Crippen molar-refractivity contribution in [1.82, 2.24) is 4.57 Å². The first kappa shape index (κ1) is 22.1. The van der Waals surface area contributed by atoms with Gasteiger partial charge >= 0.3 is 0 Å². The van der Waals surface area contributed by atoms with Crippen LogP contribution in [0.2, 0.25) is 0 Å². The number of aromatic nitrogens is 1. The second-order valence-corrected chi connectivity index (χ2v) is 9.09. The summed E-state index contributed by atoms with van der Waals surface area (Å²) in [6, 6.07) is 28.2. The monoisotopic (exact) mass is 452 g/mol. The van der Waals surface area contributed by atoms with Crippen LogP contribution in [0.5, 0.6) is 11.5 Å². The van der Waals surface area contributed by atoms with E-state index in [-0.39, 0.29) is 0 Å². The summed E-state index contributed by atoms with van der Waals surface area (Å²) < 4.78 is 13.1. The second-order valence-electron chi connectivity index (χ2n) is 9.09. The molecule has 34 heavy (non-hydrogen) atoms. The Morgan fingerprint density at radius 3 is 2.12 bits per heavy atom. The lowest BCUT2D eigenvalue weighted by atomic mass is 9.94. The third-order valence-electron chi connectivity index (χ3n) is 6.82. The minimum atomic E-state index is 0.339. The van der Waals surface area contributed by atoms with Crippen molar-refractivity contribution in [2.24, 2.45) is 5.92 Å². The van der Waals surface area contributed by atoms with Crippen molar-refractivity contribution in [3.63, 3.8) is 0 Å². The minimum Gasteiger partial charge on any atom is -0.497 e. The van der Waals surface area contributed by atoms with Crippen LogP contribution >= 0.6 is 0 Å². The Hall–Kier alpha value is -3.66. The van der Waals surface area contributed by atoms with Crippen LogP contribution in [-0.4, -0.2) is 31.4 Å². The fourth-order valence-corrected chi connectivity index (χ4v) is 4.91. The molecule has 0 saturated heterocycles. The summed E-state index contributed by atoms with van der Waals surface area (Å²) in [5, 5.41) is 1.28. The van der Waals surface area contributed by atoms with Crippen molar-refractivity contribution < 1.29 is 9.47 Å². The molecule has 3 aromatic carbocycles. The number of nitrogens with zero attached hydrogens (tertiary/aromatic N) is 2. The lowest BCUT2D eigenvalue weighted by molar-refractivity contribution is 0.414. The number of fused-ring (bicyclic) bond motifs is 1. The van der Waals surface area contributed by atoms with Gasteiger partial charge in [-0.3, -0.25) is 0 Å². The van der Waals surface area contributed by atoms with E-state index in [0.29, 0.717) is 12.0 Å². The number of para-hydroxylation sites is 1. The number of ether oxygens (including phenoxy) is 2. The van der Waals surface area contributed by atoms with Crippen LogP contribution in [0.3, 0.4) is 0 Å². The Kier molecular flexibility index (Phi) is 6.31. The third kappa shape index (κ3) is 4.54. The summed E-state index contributed by atoms with van der Waals surface area (Å²) in [6.07, 6.45) is 5.76. The predicted molar refractivity (Wildman–Crippen MR) is 140 cm³/mol. The van der Waals surface area contributed by atoms with E-state index in [2.05, 4.69) is 95.3 Å². The van der Waals surface area contributed by atoms with Crippen LogP contribution in [0.4, 0.5) is 5.82 Å². The van der Waals surface area contributed by atoms with E-state index in [1.807, 2.05) is 12.1 Å². The molecule has 0 bridgehead atoms. The van der Waals surface area contributed by atoms with Gasteiger partial charge in [-0.25, -0.2) is 0 Å². The summed E-state index contributed by atoms with van der Waals surface area (Å²) in [7, 11) is 3.42. The molecule has 0 fully saturated rings. The average Bonchev–Trinajstić information content (AvgIpc) is 3.24. The van der Waals surface area contributed by atoms with Gasteiger partial charge in [-0.2, -0.15) is 0 Å². The van der Waals surface area contributed by atoms with E-state index in [1.54, 1.807) is 14.2 Å². The number of hydrogen-bond acceptors (Lipinski definition) is 3. The van der Waals surface area contributed by atoms with Crippen LogP contribution < -0.4 is 14.4 Å². The number of methoxy groups -OCH3 is 2. The van der Waals surface area contributed by atoms with Gasteiger partial charge in [-0.05, 0) is 66.8 Å². The van der Waals surface area contributed by atoms with Gasteiger partial charge in [0.05, 0.1) is 19.7 Å². The highest BCUT2D eigenvalue weighted by molar-refractivity contribution is 5.85. The molecule has 4 aromatic rings. The van der Waals surface area contributed by atoms with Crippen LogP contribution in [0.1, 0.15) is 18.1 Å². The molecule has 2 atom stereocenters. The molecule has 0 N–H and O–H groups in total. The first-order valence-corrected chi connectivity index (χ1v) is 11.9. The Labute approximate surface area is 202 Å².